The Hall–Kier alpha value is -1.14. The standard InChI is InChI=1S/C12H20N2O4/c15-11(13-14-5-7-18-8-6-14)9-3-1-2-4-10(9)12(16)17/h9-10H,1-8H2,(H,13,15)(H,16,17)/t9-,10-/m0/s1. The van der Waals surface area contributed by atoms with Gasteiger partial charge in [0, 0.05) is 13.1 Å². The maximum atomic E-state index is 12.1. The van der Waals surface area contributed by atoms with Crippen LogP contribution in [0, 0.1) is 11.8 Å². The quantitative estimate of drug-likeness (QED) is 0.756. The van der Waals surface area contributed by atoms with Gasteiger partial charge in [0.2, 0.25) is 5.91 Å². The number of nitrogens with zero attached hydrogens (tertiary/aromatic N) is 1. The fraction of sp³-hybridized carbons (Fsp3) is 0.833. The Kier molecular flexibility index (Phi) is 4.54. The van der Waals surface area contributed by atoms with E-state index < -0.39 is 11.9 Å². The van der Waals surface area contributed by atoms with Gasteiger partial charge in [-0.1, -0.05) is 12.8 Å². The molecule has 1 saturated heterocycles. The smallest absolute Gasteiger partial charge is 0.307 e. The lowest BCUT2D eigenvalue weighted by Gasteiger charge is -2.32. The predicted molar refractivity (Wildman–Crippen MR) is 63.6 cm³/mol. The molecule has 102 valence electrons. The molecule has 0 spiro atoms. The number of hydrogen-bond donors (Lipinski definition) is 2. The summed E-state index contributed by atoms with van der Waals surface area (Å²) in [5.41, 5.74) is 2.82. The lowest BCUT2D eigenvalue weighted by Crippen LogP contribution is -2.52. The summed E-state index contributed by atoms with van der Waals surface area (Å²) in [7, 11) is 0. The lowest BCUT2D eigenvalue weighted by atomic mass is 9.79. The van der Waals surface area contributed by atoms with Crippen molar-refractivity contribution in [2.45, 2.75) is 25.7 Å². The van der Waals surface area contributed by atoms with Crippen LogP contribution in [0.15, 0.2) is 0 Å². The van der Waals surface area contributed by atoms with Crippen LogP contribution in [0.5, 0.6) is 0 Å². The molecule has 2 atom stereocenters. The van der Waals surface area contributed by atoms with Crippen molar-refractivity contribution in [2.75, 3.05) is 26.3 Å². The minimum Gasteiger partial charge on any atom is -0.481 e. The van der Waals surface area contributed by atoms with Gasteiger partial charge in [0.1, 0.15) is 0 Å². The van der Waals surface area contributed by atoms with Crippen LogP contribution >= 0.6 is 0 Å². The molecule has 1 aliphatic heterocycles. The number of carboxylic acid groups (broad SMARTS) is 1. The van der Waals surface area contributed by atoms with Crippen molar-refractivity contribution in [1.82, 2.24) is 10.4 Å². The number of ether oxygens (including phenoxy) is 1. The van der Waals surface area contributed by atoms with E-state index in [0.717, 1.165) is 12.8 Å². The Morgan fingerprint density at radius 2 is 1.72 bits per heavy atom. The molecule has 6 nitrogen and oxygen atoms in total. The topological polar surface area (TPSA) is 78.9 Å². The number of hydrazine groups is 1. The zero-order valence-corrected chi connectivity index (χ0v) is 10.4. The second-order valence-electron chi connectivity index (χ2n) is 4.91. The molecule has 1 amide bonds. The number of hydrogen-bond acceptors (Lipinski definition) is 4. The molecule has 0 aromatic heterocycles. The molecular weight excluding hydrogens is 236 g/mol. The van der Waals surface area contributed by atoms with E-state index in [1.165, 1.54) is 0 Å². The average Bonchev–Trinajstić information content (AvgIpc) is 2.40. The normalized spacial score (nSPS) is 29.8. The monoisotopic (exact) mass is 256 g/mol. The zero-order chi connectivity index (χ0) is 13.0. The van der Waals surface area contributed by atoms with Crippen molar-refractivity contribution in [1.29, 1.82) is 0 Å². The molecule has 1 aliphatic carbocycles. The first-order chi connectivity index (χ1) is 8.68. The minimum absolute atomic E-state index is 0.149. The third-order valence-corrected chi connectivity index (χ3v) is 3.70. The summed E-state index contributed by atoms with van der Waals surface area (Å²) >= 11 is 0. The van der Waals surface area contributed by atoms with E-state index >= 15 is 0 Å². The van der Waals surface area contributed by atoms with Crippen LogP contribution in [0.4, 0.5) is 0 Å². The van der Waals surface area contributed by atoms with E-state index in [2.05, 4.69) is 5.43 Å². The molecule has 1 saturated carbocycles. The summed E-state index contributed by atoms with van der Waals surface area (Å²) in [4.78, 5) is 23.3. The highest BCUT2D eigenvalue weighted by atomic mass is 16.5. The maximum Gasteiger partial charge on any atom is 0.307 e. The van der Waals surface area contributed by atoms with E-state index in [4.69, 9.17) is 9.84 Å². The van der Waals surface area contributed by atoms with Crippen molar-refractivity contribution in [3.63, 3.8) is 0 Å². The average molecular weight is 256 g/mol. The number of carbonyl (C=O) groups excluding carboxylic acids is 1. The molecular formula is C12H20N2O4. The first-order valence-corrected chi connectivity index (χ1v) is 6.54. The van der Waals surface area contributed by atoms with Gasteiger partial charge >= 0.3 is 5.97 Å². The zero-order valence-electron chi connectivity index (χ0n) is 10.4. The molecule has 18 heavy (non-hydrogen) atoms. The van der Waals surface area contributed by atoms with Crippen LogP contribution in [0.3, 0.4) is 0 Å². The van der Waals surface area contributed by atoms with E-state index in [9.17, 15) is 9.59 Å². The predicted octanol–water partition coefficient (Wildman–Crippen LogP) is 0.241. The van der Waals surface area contributed by atoms with Crippen molar-refractivity contribution in [3.05, 3.63) is 0 Å². The summed E-state index contributed by atoms with van der Waals surface area (Å²) in [6, 6.07) is 0. The van der Waals surface area contributed by atoms with Gasteiger partial charge in [-0.2, -0.15) is 0 Å². The fourth-order valence-electron chi connectivity index (χ4n) is 2.65. The second kappa shape index (κ2) is 6.15. The summed E-state index contributed by atoms with van der Waals surface area (Å²) in [5, 5.41) is 11.0. The number of rotatable bonds is 3. The third-order valence-electron chi connectivity index (χ3n) is 3.70. The number of carbonyl (C=O) groups is 2. The Morgan fingerprint density at radius 1 is 1.11 bits per heavy atom. The van der Waals surface area contributed by atoms with Gasteiger partial charge in [-0.25, -0.2) is 5.01 Å². The first kappa shape index (κ1) is 13.3. The number of amides is 1. The number of aliphatic carboxylic acids is 1. The number of nitrogens with one attached hydrogen (secondary N) is 1. The second-order valence-corrected chi connectivity index (χ2v) is 4.91. The summed E-state index contributed by atoms with van der Waals surface area (Å²) < 4.78 is 5.20. The van der Waals surface area contributed by atoms with Crippen LogP contribution < -0.4 is 5.43 Å². The molecule has 0 radical (unpaired) electrons. The molecule has 2 aliphatic rings. The molecule has 6 heteroatoms. The van der Waals surface area contributed by atoms with Crippen molar-refractivity contribution in [3.8, 4) is 0 Å². The lowest BCUT2D eigenvalue weighted by molar-refractivity contribution is -0.150. The number of carboxylic acids is 1. The van der Waals surface area contributed by atoms with E-state index in [1.807, 2.05) is 5.01 Å². The Labute approximate surface area is 106 Å². The van der Waals surface area contributed by atoms with Gasteiger partial charge in [0.25, 0.3) is 0 Å². The Bertz CT molecular complexity index is 315. The van der Waals surface area contributed by atoms with Gasteiger partial charge in [-0.05, 0) is 12.8 Å². The number of morpholine rings is 1. The highest BCUT2D eigenvalue weighted by Gasteiger charge is 2.36. The molecule has 2 rings (SSSR count). The largest absolute Gasteiger partial charge is 0.481 e. The van der Waals surface area contributed by atoms with Crippen LogP contribution in [0.1, 0.15) is 25.7 Å². The van der Waals surface area contributed by atoms with E-state index in [0.29, 0.717) is 39.1 Å². The van der Waals surface area contributed by atoms with Gasteiger partial charge in [-0.15, -0.1) is 0 Å². The van der Waals surface area contributed by atoms with Crippen molar-refractivity contribution < 1.29 is 19.4 Å². The van der Waals surface area contributed by atoms with Crippen LogP contribution in [0.2, 0.25) is 0 Å². The van der Waals surface area contributed by atoms with E-state index in [1.54, 1.807) is 0 Å². The highest BCUT2D eigenvalue weighted by molar-refractivity contribution is 5.84. The van der Waals surface area contributed by atoms with Gasteiger partial charge in [0.05, 0.1) is 25.0 Å². The van der Waals surface area contributed by atoms with Crippen molar-refractivity contribution >= 4 is 11.9 Å². The molecule has 0 unspecified atom stereocenters. The van der Waals surface area contributed by atoms with Crippen LogP contribution in [-0.4, -0.2) is 48.3 Å². The minimum atomic E-state index is -0.850. The highest BCUT2D eigenvalue weighted by Crippen LogP contribution is 2.30. The van der Waals surface area contributed by atoms with Crippen LogP contribution in [-0.2, 0) is 14.3 Å². The summed E-state index contributed by atoms with van der Waals surface area (Å²) in [5.74, 6) is -1.92. The summed E-state index contributed by atoms with van der Waals surface area (Å²) in [6.07, 6.45) is 3.12. The molecule has 1 heterocycles. The Balaban J connectivity index is 1.91. The van der Waals surface area contributed by atoms with Gasteiger partial charge in [-0.3, -0.25) is 15.0 Å². The molecule has 0 aromatic rings. The molecule has 0 aromatic carbocycles. The fourth-order valence-corrected chi connectivity index (χ4v) is 2.65. The SMILES string of the molecule is O=C(O)[C@H]1CCCC[C@@H]1C(=O)NN1CCOCC1. The maximum absolute atomic E-state index is 12.1. The third kappa shape index (κ3) is 3.20. The first-order valence-electron chi connectivity index (χ1n) is 6.54. The van der Waals surface area contributed by atoms with Gasteiger partial charge in [0.15, 0.2) is 0 Å². The van der Waals surface area contributed by atoms with Gasteiger partial charge < -0.3 is 9.84 Å². The summed E-state index contributed by atoms with van der Waals surface area (Å²) in [6.45, 7) is 2.53. The Morgan fingerprint density at radius 3 is 2.33 bits per heavy atom. The van der Waals surface area contributed by atoms with E-state index in [-0.39, 0.29) is 11.8 Å². The molecule has 2 N–H and O–H groups in total. The van der Waals surface area contributed by atoms with Crippen molar-refractivity contribution in [2.24, 2.45) is 11.8 Å². The molecule has 0 bridgehead atoms. The van der Waals surface area contributed by atoms with Crippen LogP contribution in [0.25, 0.3) is 0 Å². The molecule has 2 fully saturated rings.